The Labute approximate surface area is 106 Å². The Balaban J connectivity index is 2.52. The van der Waals surface area contributed by atoms with Crippen LogP contribution in [0.1, 0.15) is 40.2 Å². The van der Waals surface area contributed by atoms with E-state index in [-0.39, 0.29) is 23.6 Å². The second-order valence-corrected chi connectivity index (χ2v) is 6.08. The van der Waals surface area contributed by atoms with Crippen molar-refractivity contribution in [3.8, 4) is 17.5 Å². The molecule has 4 N–H and O–H groups in total. The van der Waals surface area contributed by atoms with Crippen LogP contribution < -0.4 is 0 Å². The minimum absolute atomic E-state index is 0.214. The maximum atomic E-state index is 10.2. The van der Waals surface area contributed by atoms with Gasteiger partial charge in [0, 0.05) is 11.6 Å². The number of hydrogen-bond donors (Lipinski definition) is 4. The highest BCUT2D eigenvalue weighted by Crippen LogP contribution is 2.50. The van der Waals surface area contributed by atoms with E-state index in [1.807, 2.05) is 27.7 Å². The van der Waals surface area contributed by atoms with Crippen molar-refractivity contribution in [2.45, 2.75) is 51.2 Å². The highest BCUT2D eigenvalue weighted by atomic mass is 16.5. The zero-order chi connectivity index (χ0) is 13.9. The van der Waals surface area contributed by atoms with Gasteiger partial charge in [-0.3, -0.25) is 4.57 Å². The van der Waals surface area contributed by atoms with Gasteiger partial charge in [0.25, 0.3) is 0 Å². The molecule has 1 aliphatic rings. The van der Waals surface area contributed by atoms with E-state index in [1.54, 1.807) is 0 Å². The third-order valence-corrected chi connectivity index (χ3v) is 3.91. The van der Waals surface area contributed by atoms with Crippen LogP contribution in [0, 0.1) is 0 Å². The van der Waals surface area contributed by atoms with Crippen LogP contribution in [0.3, 0.4) is 0 Å². The lowest BCUT2D eigenvalue weighted by atomic mass is 9.94. The molecule has 0 bridgehead atoms. The fourth-order valence-corrected chi connectivity index (χ4v) is 2.93. The summed E-state index contributed by atoms with van der Waals surface area (Å²) in [5, 5.41) is 40.5. The maximum Gasteiger partial charge on any atom is 0.237 e. The summed E-state index contributed by atoms with van der Waals surface area (Å²) in [6.45, 7) is 7.41. The zero-order valence-electron chi connectivity index (χ0n) is 11.0. The third-order valence-electron chi connectivity index (χ3n) is 3.91. The lowest BCUT2D eigenvalue weighted by Gasteiger charge is -2.36. The summed E-state index contributed by atoms with van der Waals surface area (Å²) >= 11 is 0. The molecule has 1 aliphatic heterocycles. The molecule has 1 saturated heterocycles. The topological polar surface area (TPSA) is 89.1 Å². The highest BCUT2D eigenvalue weighted by Gasteiger charge is 2.53. The first-order chi connectivity index (χ1) is 8.09. The van der Waals surface area contributed by atoms with Crippen LogP contribution in [0.2, 0.25) is 0 Å². The SMILES string of the molecule is CC1(C)CC(n2c(O)cc(O)c2O)C(C)(C)N1O. The predicted octanol–water partition coefficient (Wildman–Crippen LogP) is 1.80. The molecule has 18 heavy (non-hydrogen) atoms. The van der Waals surface area contributed by atoms with Gasteiger partial charge < -0.3 is 20.5 Å². The molecule has 2 heterocycles. The Morgan fingerprint density at radius 1 is 1.17 bits per heavy atom. The molecule has 0 aliphatic carbocycles. The average Bonchev–Trinajstić information content (AvgIpc) is 2.56. The normalized spacial score (nSPS) is 26.6. The van der Waals surface area contributed by atoms with Crippen LogP contribution in [0.25, 0.3) is 0 Å². The minimum Gasteiger partial charge on any atom is -0.503 e. The Hall–Kier alpha value is -1.40. The van der Waals surface area contributed by atoms with Gasteiger partial charge in [-0.05, 0) is 34.1 Å². The summed E-state index contributed by atoms with van der Waals surface area (Å²) in [5.74, 6) is -0.955. The van der Waals surface area contributed by atoms with Gasteiger partial charge in [-0.15, -0.1) is 0 Å². The maximum absolute atomic E-state index is 10.2. The number of rotatable bonds is 1. The lowest BCUT2D eigenvalue weighted by molar-refractivity contribution is -0.195. The summed E-state index contributed by atoms with van der Waals surface area (Å²) in [5.41, 5.74) is -1.16. The van der Waals surface area contributed by atoms with Gasteiger partial charge in [-0.1, -0.05) is 0 Å². The van der Waals surface area contributed by atoms with Gasteiger partial charge in [0.05, 0.1) is 11.6 Å². The van der Waals surface area contributed by atoms with Crippen LogP contribution in [-0.2, 0) is 0 Å². The second-order valence-electron chi connectivity index (χ2n) is 6.08. The fourth-order valence-electron chi connectivity index (χ4n) is 2.93. The van der Waals surface area contributed by atoms with Gasteiger partial charge in [0.2, 0.25) is 5.88 Å². The first kappa shape index (κ1) is 13.0. The standard InChI is InChI=1S/C12H20N2O4/c1-11(2)6-8(12(3,4)14(11)18)13-9(16)5-7(15)10(13)17/h5,8,15-18H,6H2,1-4H3. The summed E-state index contributed by atoms with van der Waals surface area (Å²) in [6, 6.07) is 0.747. The van der Waals surface area contributed by atoms with Crippen LogP contribution in [0.5, 0.6) is 17.5 Å². The zero-order valence-corrected chi connectivity index (χ0v) is 11.0. The monoisotopic (exact) mass is 256 g/mol. The van der Waals surface area contributed by atoms with E-state index in [0.717, 1.165) is 6.07 Å². The summed E-state index contributed by atoms with van der Waals surface area (Å²) in [4.78, 5) is 0. The molecule has 0 amide bonds. The average molecular weight is 256 g/mol. The first-order valence-corrected chi connectivity index (χ1v) is 5.90. The number of hydrogen-bond acceptors (Lipinski definition) is 5. The van der Waals surface area contributed by atoms with Crippen molar-refractivity contribution >= 4 is 0 Å². The molecule has 0 aromatic carbocycles. The molecule has 1 unspecified atom stereocenters. The highest BCUT2D eigenvalue weighted by molar-refractivity contribution is 5.41. The molecule has 0 spiro atoms. The molecule has 0 saturated carbocycles. The van der Waals surface area contributed by atoms with Gasteiger partial charge in [0.15, 0.2) is 11.6 Å². The van der Waals surface area contributed by atoms with Crippen LogP contribution in [0.4, 0.5) is 0 Å². The number of aromatic nitrogens is 1. The molecule has 102 valence electrons. The Morgan fingerprint density at radius 3 is 2.06 bits per heavy atom. The van der Waals surface area contributed by atoms with Crippen molar-refractivity contribution in [3.63, 3.8) is 0 Å². The molecule has 1 aromatic heterocycles. The van der Waals surface area contributed by atoms with Crippen molar-refractivity contribution in [2.75, 3.05) is 0 Å². The summed E-state index contributed by atoms with van der Waals surface area (Å²) in [7, 11) is 0. The van der Waals surface area contributed by atoms with E-state index in [0.29, 0.717) is 6.42 Å². The molecule has 2 rings (SSSR count). The lowest BCUT2D eigenvalue weighted by Crippen LogP contribution is -2.47. The first-order valence-electron chi connectivity index (χ1n) is 5.90. The predicted molar refractivity (Wildman–Crippen MR) is 64.9 cm³/mol. The molecular formula is C12H20N2O4. The molecular weight excluding hydrogens is 236 g/mol. The minimum atomic E-state index is -0.677. The van der Waals surface area contributed by atoms with E-state index in [9.17, 15) is 20.5 Å². The van der Waals surface area contributed by atoms with Crippen LogP contribution in [0.15, 0.2) is 6.07 Å². The molecule has 1 fully saturated rings. The molecule has 6 heteroatoms. The van der Waals surface area contributed by atoms with Crippen molar-refractivity contribution in [2.24, 2.45) is 0 Å². The van der Waals surface area contributed by atoms with E-state index in [1.165, 1.54) is 9.63 Å². The fraction of sp³-hybridized carbons (Fsp3) is 0.667. The molecule has 0 radical (unpaired) electrons. The summed E-state index contributed by atoms with van der Waals surface area (Å²) < 4.78 is 1.26. The van der Waals surface area contributed by atoms with Crippen molar-refractivity contribution in [3.05, 3.63) is 6.07 Å². The molecule has 6 nitrogen and oxygen atoms in total. The van der Waals surface area contributed by atoms with Crippen molar-refractivity contribution in [1.82, 2.24) is 9.63 Å². The van der Waals surface area contributed by atoms with E-state index < -0.39 is 11.1 Å². The van der Waals surface area contributed by atoms with Crippen molar-refractivity contribution < 1.29 is 20.5 Å². The Morgan fingerprint density at radius 2 is 1.72 bits per heavy atom. The van der Waals surface area contributed by atoms with Crippen LogP contribution >= 0.6 is 0 Å². The largest absolute Gasteiger partial charge is 0.503 e. The van der Waals surface area contributed by atoms with Gasteiger partial charge in [0.1, 0.15) is 0 Å². The van der Waals surface area contributed by atoms with E-state index in [2.05, 4.69) is 0 Å². The van der Waals surface area contributed by atoms with Gasteiger partial charge in [-0.2, -0.15) is 5.06 Å². The van der Waals surface area contributed by atoms with Crippen LogP contribution in [-0.4, -0.2) is 41.2 Å². The second kappa shape index (κ2) is 3.55. The Kier molecular flexibility index (Phi) is 2.57. The smallest absolute Gasteiger partial charge is 0.237 e. The number of nitrogens with zero attached hydrogens (tertiary/aromatic N) is 2. The summed E-state index contributed by atoms with van der Waals surface area (Å²) in [6.07, 6.45) is 0.533. The van der Waals surface area contributed by atoms with Gasteiger partial charge in [-0.25, -0.2) is 0 Å². The Bertz CT molecular complexity index is 479. The molecule has 1 atom stereocenters. The van der Waals surface area contributed by atoms with Gasteiger partial charge >= 0.3 is 0 Å². The number of aromatic hydroxyl groups is 3. The van der Waals surface area contributed by atoms with E-state index >= 15 is 0 Å². The number of hydroxylamine groups is 2. The molecule has 1 aromatic rings. The van der Waals surface area contributed by atoms with Crippen molar-refractivity contribution in [1.29, 1.82) is 0 Å². The third kappa shape index (κ3) is 1.56. The quantitative estimate of drug-likeness (QED) is 0.615. The van der Waals surface area contributed by atoms with E-state index in [4.69, 9.17) is 0 Å².